The highest BCUT2D eigenvalue weighted by molar-refractivity contribution is 5.45. The average Bonchev–Trinajstić information content (AvgIpc) is 2.54. The Balaban J connectivity index is 3.11. The maximum Gasteiger partial charge on any atom is 0.231 e. The summed E-state index contributed by atoms with van der Waals surface area (Å²) in [6, 6.07) is 0. The van der Waals surface area contributed by atoms with Gasteiger partial charge in [0.2, 0.25) is 17.8 Å². The number of hydrogen-bond acceptors (Lipinski definition) is 10. The summed E-state index contributed by atoms with van der Waals surface area (Å²) in [6.45, 7) is 0.429. The summed E-state index contributed by atoms with van der Waals surface area (Å²) in [4.78, 5) is 17.9. The molecule has 0 spiro atoms. The molecule has 0 aliphatic carbocycles. The van der Waals surface area contributed by atoms with E-state index in [1.807, 2.05) is 0 Å². The van der Waals surface area contributed by atoms with Crippen molar-refractivity contribution in [1.82, 2.24) is 15.0 Å². The van der Waals surface area contributed by atoms with Gasteiger partial charge in [0.25, 0.3) is 0 Å². The second-order valence-corrected chi connectivity index (χ2v) is 5.24. The fraction of sp³-hybridized carbons (Fsp3) is 0.769. The second kappa shape index (κ2) is 9.40. The van der Waals surface area contributed by atoms with Crippen LogP contribution in [-0.2, 0) is 0 Å². The molecular formula is C13H26N6O4. The Morgan fingerprint density at radius 3 is 1.52 bits per heavy atom. The molecule has 1 aromatic heterocycles. The highest BCUT2D eigenvalue weighted by Gasteiger charge is 2.17. The summed E-state index contributed by atoms with van der Waals surface area (Å²) in [6.07, 6.45) is -0.908. The first-order chi connectivity index (χ1) is 10.9. The summed E-state index contributed by atoms with van der Waals surface area (Å²) < 4.78 is 0. The van der Waals surface area contributed by atoms with Crippen molar-refractivity contribution in [2.45, 2.75) is 6.10 Å². The third-order valence-corrected chi connectivity index (χ3v) is 3.19. The molecule has 1 unspecified atom stereocenters. The van der Waals surface area contributed by atoms with Crippen LogP contribution in [0.1, 0.15) is 0 Å². The molecule has 0 amide bonds. The molecule has 0 bridgehead atoms. The van der Waals surface area contributed by atoms with Gasteiger partial charge in [-0.25, -0.2) is 0 Å². The van der Waals surface area contributed by atoms with Crippen LogP contribution in [0.2, 0.25) is 0 Å². The quantitative estimate of drug-likeness (QED) is 0.366. The molecule has 0 aliphatic rings. The number of aliphatic hydroxyl groups excluding tert-OH is 4. The molecular weight excluding hydrogens is 304 g/mol. The van der Waals surface area contributed by atoms with Gasteiger partial charge in [-0.2, -0.15) is 15.0 Å². The van der Waals surface area contributed by atoms with Gasteiger partial charge >= 0.3 is 0 Å². The summed E-state index contributed by atoms with van der Waals surface area (Å²) in [5.74, 6) is 1.07. The van der Waals surface area contributed by atoms with Crippen LogP contribution in [0, 0.1) is 0 Å². The van der Waals surface area contributed by atoms with Crippen molar-refractivity contribution in [2.24, 2.45) is 0 Å². The number of aliphatic hydroxyl groups is 4. The first-order valence-corrected chi connectivity index (χ1v) is 7.33. The minimum absolute atomic E-state index is 0.0433. The van der Waals surface area contributed by atoms with E-state index in [4.69, 9.17) is 15.3 Å². The normalized spacial score (nSPS) is 12.1. The number of nitrogens with zero attached hydrogens (tertiary/aromatic N) is 6. The predicted molar refractivity (Wildman–Crippen MR) is 86.9 cm³/mol. The first kappa shape index (κ1) is 19.3. The third-order valence-electron chi connectivity index (χ3n) is 3.19. The fourth-order valence-electron chi connectivity index (χ4n) is 1.81. The molecule has 10 nitrogen and oxygen atoms in total. The Kier molecular flexibility index (Phi) is 7.89. The molecule has 132 valence electrons. The van der Waals surface area contributed by atoms with Crippen LogP contribution >= 0.6 is 0 Å². The van der Waals surface area contributed by atoms with E-state index < -0.39 is 6.10 Å². The minimum Gasteiger partial charge on any atom is -0.395 e. The van der Waals surface area contributed by atoms with Crippen LogP contribution < -0.4 is 14.7 Å². The van der Waals surface area contributed by atoms with Crippen LogP contribution in [-0.4, -0.2) is 102 Å². The van der Waals surface area contributed by atoms with Gasteiger partial charge in [-0.3, -0.25) is 0 Å². The van der Waals surface area contributed by atoms with Crippen LogP contribution in [0.3, 0.4) is 0 Å². The van der Waals surface area contributed by atoms with Crippen LogP contribution in [0.25, 0.3) is 0 Å². The highest BCUT2D eigenvalue weighted by Crippen LogP contribution is 2.17. The molecule has 4 N–H and O–H groups in total. The van der Waals surface area contributed by atoms with Gasteiger partial charge < -0.3 is 35.1 Å². The van der Waals surface area contributed by atoms with Gasteiger partial charge in [-0.1, -0.05) is 0 Å². The summed E-state index contributed by atoms with van der Waals surface area (Å²) in [7, 11) is 5.18. The van der Waals surface area contributed by atoms with E-state index in [0.29, 0.717) is 30.9 Å². The number of likely N-dealkylation sites (N-methyl/N-ethyl adjacent to an activating group) is 3. The van der Waals surface area contributed by atoms with Crippen molar-refractivity contribution in [3.63, 3.8) is 0 Å². The summed E-state index contributed by atoms with van der Waals surface area (Å²) >= 11 is 0. The zero-order chi connectivity index (χ0) is 17.4. The molecule has 1 aromatic rings. The van der Waals surface area contributed by atoms with Gasteiger partial charge in [0, 0.05) is 40.8 Å². The van der Waals surface area contributed by atoms with Crippen molar-refractivity contribution in [3.05, 3.63) is 0 Å². The van der Waals surface area contributed by atoms with Crippen molar-refractivity contribution in [3.8, 4) is 0 Å². The van der Waals surface area contributed by atoms with E-state index >= 15 is 0 Å². The summed E-state index contributed by atoms with van der Waals surface area (Å²) in [5, 5.41) is 36.6. The molecule has 0 fully saturated rings. The fourth-order valence-corrected chi connectivity index (χ4v) is 1.81. The molecule has 0 aliphatic heterocycles. The molecule has 1 atom stereocenters. The Labute approximate surface area is 135 Å². The van der Waals surface area contributed by atoms with Crippen molar-refractivity contribution in [1.29, 1.82) is 0 Å². The number of hydrogen-bond donors (Lipinski definition) is 4. The molecule has 23 heavy (non-hydrogen) atoms. The zero-order valence-electron chi connectivity index (χ0n) is 13.8. The third kappa shape index (κ3) is 5.75. The number of rotatable bonds is 10. The maximum atomic E-state index is 9.57. The van der Waals surface area contributed by atoms with E-state index in [1.54, 1.807) is 35.8 Å². The second-order valence-electron chi connectivity index (χ2n) is 5.24. The molecule has 1 heterocycles. The highest BCUT2D eigenvalue weighted by atomic mass is 16.3. The van der Waals surface area contributed by atoms with E-state index in [2.05, 4.69) is 15.0 Å². The lowest BCUT2D eigenvalue weighted by molar-refractivity contribution is 0.101. The first-order valence-electron chi connectivity index (χ1n) is 7.33. The monoisotopic (exact) mass is 330 g/mol. The molecule has 0 saturated heterocycles. The minimum atomic E-state index is -0.908. The van der Waals surface area contributed by atoms with Gasteiger partial charge in [-0.15, -0.1) is 0 Å². The molecule has 10 heteroatoms. The zero-order valence-corrected chi connectivity index (χ0v) is 13.8. The molecule has 0 radical (unpaired) electrons. The van der Waals surface area contributed by atoms with Crippen LogP contribution in [0.15, 0.2) is 0 Å². The standard InChI is InChI=1S/C13H26N6O4/c1-17(4-6-20)11-14-12(18(2)5-7-21)16-13(15-11)19(3)8-10(23)9-22/h10,20-23H,4-9H2,1-3H3. The lowest BCUT2D eigenvalue weighted by atomic mass is 10.3. The summed E-state index contributed by atoms with van der Waals surface area (Å²) in [5.41, 5.74) is 0. The predicted octanol–water partition coefficient (Wildman–Crippen LogP) is -2.48. The Morgan fingerprint density at radius 1 is 0.783 bits per heavy atom. The van der Waals surface area contributed by atoms with Gasteiger partial charge in [0.05, 0.1) is 25.9 Å². The van der Waals surface area contributed by atoms with Gasteiger partial charge in [0.15, 0.2) is 0 Å². The van der Waals surface area contributed by atoms with E-state index in [9.17, 15) is 5.11 Å². The van der Waals surface area contributed by atoms with E-state index in [0.717, 1.165) is 0 Å². The van der Waals surface area contributed by atoms with Gasteiger partial charge in [0.1, 0.15) is 0 Å². The smallest absolute Gasteiger partial charge is 0.231 e. The van der Waals surface area contributed by atoms with Crippen molar-refractivity contribution in [2.75, 3.05) is 75.3 Å². The van der Waals surface area contributed by atoms with Crippen molar-refractivity contribution >= 4 is 17.8 Å². The lowest BCUT2D eigenvalue weighted by Gasteiger charge is -2.24. The Hall–Kier alpha value is -1.75. The maximum absolute atomic E-state index is 9.57. The van der Waals surface area contributed by atoms with Crippen molar-refractivity contribution < 1.29 is 20.4 Å². The van der Waals surface area contributed by atoms with E-state index in [1.165, 1.54) is 0 Å². The van der Waals surface area contributed by atoms with E-state index in [-0.39, 0.29) is 26.4 Å². The van der Waals surface area contributed by atoms with Gasteiger partial charge in [-0.05, 0) is 0 Å². The lowest BCUT2D eigenvalue weighted by Crippen LogP contribution is -2.34. The van der Waals surface area contributed by atoms with Crippen LogP contribution in [0.4, 0.5) is 17.8 Å². The Bertz CT molecular complexity index is 448. The molecule has 1 rings (SSSR count). The number of aromatic nitrogens is 3. The molecule has 0 aromatic carbocycles. The van der Waals surface area contributed by atoms with Crippen LogP contribution in [0.5, 0.6) is 0 Å². The SMILES string of the molecule is CN(CCO)c1nc(N(C)CCO)nc(N(C)CC(O)CO)n1. The topological polar surface area (TPSA) is 129 Å². The molecule has 0 saturated carbocycles. The largest absolute Gasteiger partial charge is 0.395 e. The Morgan fingerprint density at radius 2 is 1.17 bits per heavy atom. The average molecular weight is 330 g/mol. The number of anilines is 3.